The summed E-state index contributed by atoms with van der Waals surface area (Å²) in [4.78, 5) is 74.0. The molecule has 2 aliphatic rings. The number of nitrogens with zero attached hydrogens (tertiary/aromatic N) is 3. The van der Waals surface area contributed by atoms with E-state index in [0.29, 0.717) is 59.0 Å². The molecule has 0 aromatic heterocycles. The lowest BCUT2D eigenvalue weighted by Gasteiger charge is -2.44. The predicted octanol–water partition coefficient (Wildman–Crippen LogP) is 7.58. The van der Waals surface area contributed by atoms with Crippen LogP contribution in [0.3, 0.4) is 0 Å². The number of alkyl halides is 3. The van der Waals surface area contributed by atoms with E-state index in [-0.39, 0.29) is 19.4 Å². The number of halogens is 4. The molecule has 14 heteroatoms. The fourth-order valence-electron chi connectivity index (χ4n) is 8.57. The Morgan fingerprint density at radius 1 is 0.864 bits per heavy atom. The maximum Gasteiger partial charge on any atom is 0.471 e. The van der Waals surface area contributed by atoms with Gasteiger partial charge in [-0.15, -0.1) is 0 Å². The third-order valence-corrected chi connectivity index (χ3v) is 11.9. The molecule has 0 bridgehead atoms. The zero-order valence-electron chi connectivity index (χ0n) is 34.3. The summed E-state index contributed by atoms with van der Waals surface area (Å²) < 4.78 is 47.9. The Morgan fingerprint density at radius 3 is 2.00 bits per heavy atom. The van der Waals surface area contributed by atoms with Crippen molar-refractivity contribution in [3.05, 3.63) is 106 Å². The summed E-state index contributed by atoms with van der Waals surface area (Å²) in [5, 5.41) is 3.12. The second-order valence-electron chi connectivity index (χ2n) is 16.0. The third kappa shape index (κ3) is 9.61. The van der Waals surface area contributed by atoms with Gasteiger partial charge in [0.1, 0.15) is 17.6 Å². The molecule has 1 N–H and O–H groups in total. The molecule has 1 saturated carbocycles. The molecule has 1 unspecified atom stereocenters. The Morgan fingerprint density at radius 2 is 1.44 bits per heavy atom. The summed E-state index contributed by atoms with van der Waals surface area (Å²) in [7, 11) is 0.985. The number of nitrogens with one attached hydrogen (secondary N) is 1. The van der Waals surface area contributed by atoms with Crippen molar-refractivity contribution < 1.29 is 41.9 Å². The first-order valence-electron chi connectivity index (χ1n) is 20.3. The van der Waals surface area contributed by atoms with Gasteiger partial charge in [0.15, 0.2) is 5.60 Å². The van der Waals surface area contributed by atoms with Crippen LogP contribution in [-0.4, -0.2) is 94.8 Å². The van der Waals surface area contributed by atoms with Crippen LogP contribution in [0.25, 0.3) is 0 Å². The monoisotopic (exact) mass is 838 g/mol. The van der Waals surface area contributed by atoms with Crippen LogP contribution in [0.15, 0.2) is 78.9 Å². The molecule has 4 amide bonds. The van der Waals surface area contributed by atoms with Crippen LogP contribution in [0.1, 0.15) is 94.4 Å². The minimum atomic E-state index is -5.21. The quantitative estimate of drug-likeness (QED) is 0.125. The van der Waals surface area contributed by atoms with Crippen LogP contribution in [0.2, 0.25) is 5.02 Å². The van der Waals surface area contributed by atoms with Gasteiger partial charge in [0.25, 0.3) is 0 Å². The number of benzene rings is 3. The molecule has 318 valence electrons. The number of rotatable bonds is 15. The maximum atomic E-state index is 14.6. The van der Waals surface area contributed by atoms with Gasteiger partial charge in [0, 0.05) is 48.4 Å². The number of carbonyl (C=O) groups excluding carboxylic acids is 5. The van der Waals surface area contributed by atoms with E-state index >= 15 is 0 Å². The smallest absolute Gasteiger partial charge is 0.444 e. The molecule has 5 rings (SSSR count). The van der Waals surface area contributed by atoms with Gasteiger partial charge in [0.2, 0.25) is 17.7 Å². The highest BCUT2D eigenvalue weighted by atomic mass is 35.5. The van der Waals surface area contributed by atoms with Crippen LogP contribution in [-0.2, 0) is 34.3 Å². The summed E-state index contributed by atoms with van der Waals surface area (Å²) in [6.07, 6.45) is -3.18. The van der Waals surface area contributed by atoms with Crippen molar-refractivity contribution in [2.24, 2.45) is 5.92 Å². The minimum absolute atomic E-state index is 0.00566. The van der Waals surface area contributed by atoms with Crippen molar-refractivity contribution >= 4 is 41.2 Å². The van der Waals surface area contributed by atoms with Crippen molar-refractivity contribution in [2.75, 3.05) is 26.7 Å². The molecule has 59 heavy (non-hydrogen) atoms. The van der Waals surface area contributed by atoms with E-state index in [0.717, 1.165) is 25.5 Å². The second-order valence-corrected chi connectivity index (χ2v) is 16.4. The fourth-order valence-corrected chi connectivity index (χ4v) is 8.84. The molecule has 3 atom stereocenters. The first-order chi connectivity index (χ1) is 28.0. The van der Waals surface area contributed by atoms with Crippen LogP contribution < -0.4 is 5.32 Å². The van der Waals surface area contributed by atoms with Gasteiger partial charge >= 0.3 is 18.1 Å². The van der Waals surface area contributed by atoms with Gasteiger partial charge in [0.05, 0.1) is 6.42 Å². The normalized spacial score (nSPS) is 17.2. The highest BCUT2D eigenvalue weighted by molar-refractivity contribution is 6.31. The average molecular weight is 839 g/mol. The third-order valence-electron chi connectivity index (χ3n) is 11.5. The van der Waals surface area contributed by atoms with E-state index in [2.05, 4.69) is 5.32 Å². The summed E-state index contributed by atoms with van der Waals surface area (Å²) >= 11 is 6.88. The summed E-state index contributed by atoms with van der Waals surface area (Å²) in [6, 6.07) is 20.8. The SMILES string of the molecule is CCCN(C(=O)C1(N(C)C(=O)C(F)(F)F)CCCC1)[C@H](C(=O)N[C@@H](CC(=O)OC(c1ccccc1)(c1ccc(C)cc1)c1ccccc1Cl)C(=O)N1CCCC1)C(C)C. The highest BCUT2D eigenvalue weighted by Crippen LogP contribution is 2.44. The zero-order chi connectivity index (χ0) is 43.1. The van der Waals surface area contributed by atoms with Gasteiger partial charge in [-0.2, -0.15) is 13.2 Å². The number of likely N-dealkylation sites (tertiary alicyclic amines) is 1. The molecular weight excluding hydrogens is 785 g/mol. The lowest BCUT2D eigenvalue weighted by molar-refractivity contribution is -0.192. The molecule has 1 saturated heterocycles. The molecule has 3 aromatic rings. The number of likely N-dealkylation sites (N-methyl/N-ethyl adjacent to an activating group) is 1. The summed E-state index contributed by atoms with van der Waals surface area (Å²) in [6.45, 7) is 7.89. The first-order valence-corrected chi connectivity index (χ1v) is 20.7. The number of esters is 1. The van der Waals surface area contributed by atoms with Gasteiger partial charge in [-0.05, 0) is 51.0 Å². The molecular formula is C45H54ClF3N4O6. The number of ether oxygens (including phenoxy) is 1. The van der Waals surface area contributed by atoms with E-state index in [4.69, 9.17) is 16.3 Å². The molecule has 1 aliphatic carbocycles. The van der Waals surface area contributed by atoms with Gasteiger partial charge in [-0.25, -0.2) is 0 Å². The van der Waals surface area contributed by atoms with Crippen molar-refractivity contribution in [1.82, 2.24) is 20.0 Å². The van der Waals surface area contributed by atoms with Gasteiger partial charge in [-0.1, -0.05) is 124 Å². The zero-order valence-corrected chi connectivity index (χ0v) is 35.1. The lowest BCUT2D eigenvalue weighted by Crippen LogP contribution is -2.65. The number of hydrogen-bond donors (Lipinski definition) is 1. The Balaban J connectivity index is 1.53. The van der Waals surface area contributed by atoms with Crippen LogP contribution >= 0.6 is 11.6 Å². The molecule has 0 radical (unpaired) electrons. The number of carbonyl (C=O) groups is 5. The Hall–Kier alpha value is -4.91. The molecule has 1 heterocycles. The van der Waals surface area contributed by atoms with Crippen LogP contribution in [0, 0.1) is 12.8 Å². The first kappa shape index (κ1) is 45.2. The summed E-state index contributed by atoms with van der Waals surface area (Å²) in [5.74, 6) is -5.59. The van der Waals surface area contributed by atoms with Gasteiger partial charge < -0.3 is 24.8 Å². The van der Waals surface area contributed by atoms with E-state index in [1.54, 1.807) is 49.9 Å². The largest absolute Gasteiger partial charge is 0.471 e. The minimum Gasteiger partial charge on any atom is -0.444 e. The Bertz CT molecular complexity index is 1970. The summed E-state index contributed by atoms with van der Waals surface area (Å²) in [5.41, 5.74) is -0.798. The second kappa shape index (κ2) is 19.0. The Kier molecular flexibility index (Phi) is 14.5. The molecule has 3 aromatic carbocycles. The maximum absolute atomic E-state index is 14.6. The van der Waals surface area contributed by atoms with Gasteiger partial charge in [-0.3, -0.25) is 24.0 Å². The predicted molar refractivity (Wildman–Crippen MR) is 218 cm³/mol. The standard InChI is InChI=1S/C45H54ClF3N4O6/c1-6-26-53(41(57)43(24-12-13-25-43)51(5)42(58)45(47,48)49)38(30(2)3)39(55)50-36(40(56)52-27-14-15-28-52)29-37(54)59-44(32-16-8-7-9-17-32,33-22-20-31(4)21-23-33)34-18-10-11-19-35(34)46/h7-11,16-23,30,36,38H,6,12-15,24-29H2,1-5H3,(H,50,55)/t36-,38-,44?/m0/s1. The van der Waals surface area contributed by atoms with Crippen LogP contribution in [0.5, 0.6) is 0 Å². The number of hydrogen-bond acceptors (Lipinski definition) is 6. The van der Waals surface area contributed by atoms with Crippen molar-refractivity contribution in [1.29, 1.82) is 0 Å². The molecule has 1 aliphatic heterocycles. The van der Waals surface area contributed by atoms with E-state index in [9.17, 15) is 37.1 Å². The molecule has 10 nitrogen and oxygen atoms in total. The van der Waals surface area contributed by atoms with Crippen molar-refractivity contribution in [3.63, 3.8) is 0 Å². The lowest BCUT2D eigenvalue weighted by atomic mass is 9.79. The highest BCUT2D eigenvalue weighted by Gasteiger charge is 2.55. The number of aryl methyl sites for hydroxylation is 1. The molecule has 0 spiro atoms. The van der Waals surface area contributed by atoms with E-state index in [1.165, 1.54) is 4.90 Å². The van der Waals surface area contributed by atoms with E-state index < -0.39 is 71.3 Å². The van der Waals surface area contributed by atoms with Crippen LogP contribution in [0.4, 0.5) is 13.2 Å². The fraction of sp³-hybridized carbons (Fsp3) is 0.489. The Labute approximate surface area is 349 Å². The van der Waals surface area contributed by atoms with E-state index in [1.807, 2.05) is 61.5 Å². The topological polar surface area (TPSA) is 116 Å². The van der Waals surface area contributed by atoms with Crippen molar-refractivity contribution in [2.45, 2.75) is 108 Å². The molecule has 2 fully saturated rings. The average Bonchev–Trinajstić information content (AvgIpc) is 3.93. The number of amides is 4. The van der Waals surface area contributed by atoms with Crippen molar-refractivity contribution in [3.8, 4) is 0 Å².